The lowest BCUT2D eigenvalue weighted by Crippen LogP contribution is -2.22. The Balaban J connectivity index is 1.75. The summed E-state index contributed by atoms with van der Waals surface area (Å²) in [4.78, 5) is 20.1. The summed E-state index contributed by atoms with van der Waals surface area (Å²) in [5.41, 5.74) is 4.72. The van der Waals surface area contributed by atoms with Gasteiger partial charge in [-0.1, -0.05) is 30.0 Å². The maximum atomic E-state index is 10.9. The molecule has 1 heterocycles. The molecule has 5 heteroatoms. The summed E-state index contributed by atoms with van der Waals surface area (Å²) in [7, 11) is 0. The van der Waals surface area contributed by atoms with Crippen molar-refractivity contribution in [1.29, 1.82) is 0 Å². The van der Waals surface area contributed by atoms with E-state index in [0.29, 0.717) is 5.75 Å². The van der Waals surface area contributed by atoms with E-state index in [1.165, 1.54) is 24.1 Å². The Kier molecular flexibility index (Phi) is 4.43. The summed E-state index contributed by atoms with van der Waals surface area (Å²) in [6.45, 7) is 2.05. The first-order valence-electron chi connectivity index (χ1n) is 7.43. The number of carboxylic acids is 1. The van der Waals surface area contributed by atoms with E-state index in [0.717, 1.165) is 29.3 Å². The van der Waals surface area contributed by atoms with Crippen LogP contribution in [0, 0.1) is 6.92 Å². The zero-order chi connectivity index (χ0) is 15.5. The van der Waals surface area contributed by atoms with Gasteiger partial charge in [-0.3, -0.25) is 0 Å². The van der Waals surface area contributed by atoms with Gasteiger partial charge in [0.1, 0.15) is 0 Å². The highest BCUT2D eigenvalue weighted by atomic mass is 32.2. The first-order valence-corrected chi connectivity index (χ1v) is 8.41. The second-order valence-corrected chi connectivity index (χ2v) is 6.44. The van der Waals surface area contributed by atoms with Crippen LogP contribution >= 0.6 is 11.8 Å². The third-order valence-electron chi connectivity index (χ3n) is 3.90. The van der Waals surface area contributed by atoms with Crippen LogP contribution in [0.5, 0.6) is 0 Å². The second-order valence-electron chi connectivity index (χ2n) is 5.50. The maximum absolute atomic E-state index is 10.9. The zero-order valence-corrected chi connectivity index (χ0v) is 13.3. The molecule has 1 aromatic carbocycles. The van der Waals surface area contributed by atoms with Gasteiger partial charge in [0.15, 0.2) is 5.16 Å². The van der Waals surface area contributed by atoms with Gasteiger partial charge < -0.3 is 9.90 Å². The number of nitrogens with zero attached hydrogens (tertiary/aromatic N) is 2. The lowest BCUT2D eigenvalue weighted by atomic mass is 9.95. The van der Waals surface area contributed by atoms with E-state index >= 15 is 0 Å². The quantitative estimate of drug-likeness (QED) is 0.640. The summed E-state index contributed by atoms with van der Waals surface area (Å²) in [6.07, 6.45) is 4.53. The third kappa shape index (κ3) is 3.30. The number of hydrogen-bond donors (Lipinski definition) is 0. The molecule has 0 aliphatic heterocycles. The van der Waals surface area contributed by atoms with Crippen LogP contribution in [0.2, 0.25) is 0 Å². The molecule has 0 saturated heterocycles. The van der Waals surface area contributed by atoms with Crippen molar-refractivity contribution < 1.29 is 9.90 Å². The first kappa shape index (κ1) is 15.0. The molecule has 1 aromatic heterocycles. The highest BCUT2D eigenvalue weighted by Gasteiger charge is 2.15. The van der Waals surface area contributed by atoms with Gasteiger partial charge in [0, 0.05) is 17.1 Å². The van der Waals surface area contributed by atoms with Crippen molar-refractivity contribution in [1.82, 2.24) is 9.97 Å². The minimum atomic E-state index is -1.15. The Bertz CT molecular complexity index is 716. The predicted molar refractivity (Wildman–Crippen MR) is 83.7 cm³/mol. The largest absolute Gasteiger partial charge is 0.545 e. The highest BCUT2D eigenvalue weighted by Crippen LogP contribution is 2.26. The van der Waals surface area contributed by atoms with Crippen LogP contribution < -0.4 is 5.11 Å². The fraction of sp³-hybridized carbons (Fsp3) is 0.353. The fourth-order valence-corrected chi connectivity index (χ4v) is 3.61. The molecule has 0 radical (unpaired) electrons. The van der Waals surface area contributed by atoms with Gasteiger partial charge in [-0.2, -0.15) is 0 Å². The zero-order valence-electron chi connectivity index (χ0n) is 12.5. The minimum absolute atomic E-state index is 0.209. The standard InChI is InChI=1S/C17H18N2O2S/c1-11-14-7-2-3-8-15(14)19-17(18-11)22-10-12-5-4-6-13(9-12)16(20)21/h4-6,9H,2-3,7-8,10H2,1H3,(H,20,21)/p-1. The lowest BCUT2D eigenvalue weighted by Gasteiger charge is -2.17. The third-order valence-corrected chi connectivity index (χ3v) is 4.82. The molecule has 0 amide bonds. The van der Waals surface area contributed by atoms with Crippen LogP contribution in [0.25, 0.3) is 0 Å². The average Bonchev–Trinajstić information content (AvgIpc) is 2.53. The Hall–Kier alpha value is -1.88. The Morgan fingerprint density at radius 2 is 2.09 bits per heavy atom. The van der Waals surface area contributed by atoms with E-state index in [9.17, 15) is 9.90 Å². The van der Waals surface area contributed by atoms with Crippen LogP contribution in [-0.2, 0) is 18.6 Å². The monoisotopic (exact) mass is 313 g/mol. The van der Waals surface area contributed by atoms with Crippen molar-refractivity contribution in [3.05, 3.63) is 52.3 Å². The molecule has 2 aromatic rings. The molecule has 0 saturated carbocycles. The number of carboxylic acid groups (broad SMARTS) is 1. The Labute approximate surface area is 134 Å². The molecular formula is C17H17N2O2S-. The number of aromatic carboxylic acids is 1. The molecule has 3 rings (SSSR count). The lowest BCUT2D eigenvalue weighted by molar-refractivity contribution is -0.255. The predicted octanol–water partition coefficient (Wildman–Crippen LogP) is 2.32. The van der Waals surface area contributed by atoms with Crippen molar-refractivity contribution in [2.75, 3.05) is 0 Å². The van der Waals surface area contributed by atoms with Crippen LogP contribution in [0.3, 0.4) is 0 Å². The van der Waals surface area contributed by atoms with Gasteiger partial charge in [0.05, 0.1) is 5.97 Å². The van der Waals surface area contributed by atoms with Gasteiger partial charge in [0.25, 0.3) is 0 Å². The molecule has 0 atom stereocenters. The van der Waals surface area contributed by atoms with Crippen molar-refractivity contribution >= 4 is 17.7 Å². The Morgan fingerprint density at radius 1 is 1.27 bits per heavy atom. The van der Waals surface area contributed by atoms with Crippen molar-refractivity contribution in [3.63, 3.8) is 0 Å². The molecular weight excluding hydrogens is 296 g/mol. The van der Waals surface area contributed by atoms with Gasteiger partial charge in [0.2, 0.25) is 0 Å². The van der Waals surface area contributed by atoms with E-state index in [1.54, 1.807) is 30.0 Å². The maximum Gasteiger partial charge on any atom is 0.188 e. The smallest absolute Gasteiger partial charge is 0.188 e. The van der Waals surface area contributed by atoms with E-state index in [-0.39, 0.29) is 5.56 Å². The van der Waals surface area contributed by atoms with Crippen molar-refractivity contribution in [3.8, 4) is 0 Å². The normalized spacial score (nSPS) is 13.7. The van der Waals surface area contributed by atoms with Gasteiger partial charge in [-0.25, -0.2) is 9.97 Å². The molecule has 0 spiro atoms. The molecule has 114 valence electrons. The fourth-order valence-electron chi connectivity index (χ4n) is 2.75. The number of aryl methyl sites for hydroxylation is 2. The van der Waals surface area contributed by atoms with Crippen LogP contribution in [0.15, 0.2) is 29.4 Å². The number of hydrogen-bond acceptors (Lipinski definition) is 5. The van der Waals surface area contributed by atoms with Gasteiger partial charge in [-0.15, -0.1) is 0 Å². The molecule has 1 aliphatic rings. The summed E-state index contributed by atoms with van der Waals surface area (Å²) in [5, 5.41) is 11.7. The molecule has 0 bridgehead atoms. The van der Waals surface area contributed by atoms with Crippen LogP contribution in [-0.4, -0.2) is 15.9 Å². The molecule has 0 N–H and O–H groups in total. The second kappa shape index (κ2) is 6.48. The van der Waals surface area contributed by atoms with Gasteiger partial charge in [-0.05, 0) is 55.4 Å². The number of carbonyl (C=O) groups excluding carboxylic acids is 1. The van der Waals surface area contributed by atoms with E-state index in [4.69, 9.17) is 0 Å². The molecule has 1 aliphatic carbocycles. The summed E-state index contributed by atoms with van der Waals surface area (Å²) in [6, 6.07) is 6.83. The summed E-state index contributed by atoms with van der Waals surface area (Å²) >= 11 is 1.55. The van der Waals surface area contributed by atoms with E-state index < -0.39 is 5.97 Å². The molecule has 0 unspecified atom stereocenters. The van der Waals surface area contributed by atoms with Gasteiger partial charge >= 0.3 is 0 Å². The summed E-state index contributed by atoms with van der Waals surface area (Å²) in [5.74, 6) is -0.493. The topological polar surface area (TPSA) is 65.9 Å². The van der Waals surface area contributed by atoms with Crippen LogP contribution in [0.4, 0.5) is 0 Å². The van der Waals surface area contributed by atoms with E-state index in [2.05, 4.69) is 9.97 Å². The van der Waals surface area contributed by atoms with Crippen molar-refractivity contribution in [2.45, 2.75) is 43.5 Å². The molecule has 4 nitrogen and oxygen atoms in total. The van der Waals surface area contributed by atoms with Crippen LogP contribution in [0.1, 0.15) is 45.7 Å². The average molecular weight is 313 g/mol. The minimum Gasteiger partial charge on any atom is -0.545 e. The summed E-state index contributed by atoms with van der Waals surface area (Å²) < 4.78 is 0. The first-order chi connectivity index (χ1) is 10.6. The van der Waals surface area contributed by atoms with Crippen molar-refractivity contribution in [2.24, 2.45) is 0 Å². The number of benzene rings is 1. The number of rotatable bonds is 4. The Morgan fingerprint density at radius 3 is 2.91 bits per heavy atom. The number of thioether (sulfide) groups is 1. The molecule has 0 fully saturated rings. The highest BCUT2D eigenvalue weighted by molar-refractivity contribution is 7.98. The molecule has 22 heavy (non-hydrogen) atoms. The number of fused-ring (bicyclic) bond motifs is 1. The SMILES string of the molecule is Cc1nc(SCc2cccc(C(=O)[O-])c2)nc2c1CCCC2. The number of aromatic nitrogens is 2. The van der Waals surface area contributed by atoms with E-state index in [1.807, 2.05) is 13.0 Å². The number of carbonyl (C=O) groups is 1.